The molecule has 0 atom stereocenters. The van der Waals surface area contributed by atoms with Crippen LogP contribution in [0.3, 0.4) is 0 Å². The van der Waals surface area contributed by atoms with Crippen molar-refractivity contribution >= 4 is 23.2 Å². The molecule has 0 bridgehead atoms. The number of aryl methyl sites for hydroxylation is 1. The lowest BCUT2D eigenvalue weighted by Crippen LogP contribution is -2.04. The lowest BCUT2D eigenvalue weighted by Gasteiger charge is -2.06. The third-order valence-corrected chi connectivity index (χ3v) is 3.96. The number of ether oxygens (including phenoxy) is 1. The molecule has 3 nitrogen and oxygen atoms in total. The first kappa shape index (κ1) is 15.3. The summed E-state index contributed by atoms with van der Waals surface area (Å²) in [7, 11) is 0. The molecule has 2 aromatic rings. The molecular weight excluding hydrogens is 286 g/mol. The van der Waals surface area contributed by atoms with Crippen molar-refractivity contribution in [2.45, 2.75) is 26.7 Å². The van der Waals surface area contributed by atoms with Crippen molar-refractivity contribution in [3.8, 4) is 5.75 Å². The Morgan fingerprint density at radius 2 is 1.96 bits per heavy atom. The fourth-order valence-corrected chi connectivity index (χ4v) is 2.90. The van der Waals surface area contributed by atoms with Gasteiger partial charge in [0.2, 0.25) is 0 Å². The molecule has 0 aromatic heterocycles. The van der Waals surface area contributed by atoms with Crippen LogP contribution in [0.2, 0.25) is 0 Å². The van der Waals surface area contributed by atoms with Crippen LogP contribution in [0.4, 0.5) is 5.69 Å². The average molecular weight is 307 g/mol. The number of anilines is 1. The molecule has 3 rings (SSSR count). The Morgan fingerprint density at radius 1 is 1.13 bits per heavy atom. The van der Waals surface area contributed by atoms with Crippen LogP contribution in [-0.2, 0) is 11.2 Å². The number of benzene rings is 2. The van der Waals surface area contributed by atoms with Crippen molar-refractivity contribution in [2.24, 2.45) is 0 Å². The Hall–Kier alpha value is -2.55. The van der Waals surface area contributed by atoms with E-state index in [1.807, 2.05) is 43.3 Å². The van der Waals surface area contributed by atoms with Crippen molar-refractivity contribution in [3.05, 3.63) is 59.2 Å². The van der Waals surface area contributed by atoms with Crippen molar-refractivity contribution in [1.29, 1.82) is 0 Å². The minimum atomic E-state index is -0.0556. The second-order valence-electron chi connectivity index (χ2n) is 5.60. The number of amides is 1. The first-order valence-corrected chi connectivity index (χ1v) is 8.11. The van der Waals surface area contributed by atoms with Crippen LogP contribution < -0.4 is 10.1 Å². The van der Waals surface area contributed by atoms with Gasteiger partial charge in [0, 0.05) is 17.2 Å². The minimum Gasteiger partial charge on any atom is -0.494 e. The van der Waals surface area contributed by atoms with E-state index in [2.05, 4.69) is 24.4 Å². The molecule has 1 heterocycles. The molecule has 0 unspecified atom stereocenters. The third kappa shape index (κ3) is 3.14. The fraction of sp³-hybridized carbons (Fsp3) is 0.250. The van der Waals surface area contributed by atoms with E-state index < -0.39 is 0 Å². The van der Waals surface area contributed by atoms with Crippen LogP contribution in [0.1, 0.15) is 37.0 Å². The zero-order chi connectivity index (χ0) is 16.2. The smallest absolute Gasteiger partial charge is 0.256 e. The summed E-state index contributed by atoms with van der Waals surface area (Å²) in [6.45, 7) is 4.72. The van der Waals surface area contributed by atoms with Crippen LogP contribution in [0.15, 0.2) is 42.5 Å². The molecule has 0 fully saturated rings. The zero-order valence-electron chi connectivity index (χ0n) is 13.6. The van der Waals surface area contributed by atoms with Crippen LogP contribution in [0.5, 0.6) is 5.75 Å². The molecule has 118 valence electrons. The van der Waals surface area contributed by atoms with E-state index in [1.54, 1.807) is 0 Å². The molecule has 1 amide bonds. The van der Waals surface area contributed by atoms with E-state index in [0.29, 0.717) is 12.2 Å². The van der Waals surface area contributed by atoms with Gasteiger partial charge in [0.1, 0.15) is 5.75 Å². The first-order valence-electron chi connectivity index (χ1n) is 8.11. The van der Waals surface area contributed by atoms with Gasteiger partial charge in [0.05, 0.1) is 12.3 Å². The molecule has 3 heteroatoms. The number of nitrogens with one attached hydrogen (secondary N) is 1. The van der Waals surface area contributed by atoms with Crippen LogP contribution >= 0.6 is 0 Å². The van der Waals surface area contributed by atoms with Crippen molar-refractivity contribution < 1.29 is 9.53 Å². The summed E-state index contributed by atoms with van der Waals surface area (Å²) >= 11 is 0. The normalized spacial score (nSPS) is 14.7. The van der Waals surface area contributed by atoms with Crippen LogP contribution in [-0.4, -0.2) is 12.5 Å². The lowest BCUT2D eigenvalue weighted by molar-refractivity contribution is -0.110. The van der Waals surface area contributed by atoms with Gasteiger partial charge in [-0.25, -0.2) is 0 Å². The SMILES string of the molecule is CCCc1ccccc1/C=C1/C(=O)Nc2cc(OCC)ccc21. The largest absolute Gasteiger partial charge is 0.494 e. The van der Waals surface area contributed by atoms with Gasteiger partial charge in [-0.1, -0.05) is 37.6 Å². The van der Waals surface area contributed by atoms with E-state index in [1.165, 1.54) is 5.56 Å². The maximum atomic E-state index is 12.4. The number of hydrogen-bond donors (Lipinski definition) is 1. The molecule has 1 N–H and O–H groups in total. The second kappa shape index (κ2) is 6.69. The fourth-order valence-electron chi connectivity index (χ4n) is 2.90. The predicted octanol–water partition coefficient (Wildman–Crippen LogP) is 4.53. The van der Waals surface area contributed by atoms with Crippen molar-refractivity contribution in [2.75, 3.05) is 11.9 Å². The lowest BCUT2D eigenvalue weighted by atomic mass is 9.98. The number of rotatable bonds is 5. The molecular formula is C20H21NO2. The Balaban J connectivity index is 2.00. The van der Waals surface area contributed by atoms with E-state index in [0.717, 1.165) is 35.4 Å². The molecule has 2 aromatic carbocycles. The topological polar surface area (TPSA) is 38.3 Å². The van der Waals surface area contributed by atoms with Gasteiger partial charge < -0.3 is 10.1 Å². The summed E-state index contributed by atoms with van der Waals surface area (Å²) in [6.07, 6.45) is 4.09. The van der Waals surface area contributed by atoms with Gasteiger partial charge in [-0.15, -0.1) is 0 Å². The molecule has 23 heavy (non-hydrogen) atoms. The maximum Gasteiger partial charge on any atom is 0.256 e. The molecule has 0 spiro atoms. The highest BCUT2D eigenvalue weighted by molar-refractivity contribution is 6.35. The van der Waals surface area contributed by atoms with E-state index >= 15 is 0 Å². The number of hydrogen-bond acceptors (Lipinski definition) is 2. The first-order chi connectivity index (χ1) is 11.2. The molecule has 1 aliphatic heterocycles. The Bertz CT molecular complexity index is 762. The van der Waals surface area contributed by atoms with E-state index in [9.17, 15) is 4.79 Å². The predicted molar refractivity (Wildman–Crippen MR) is 94.5 cm³/mol. The van der Waals surface area contributed by atoms with Crippen molar-refractivity contribution in [3.63, 3.8) is 0 Å². The Labute approximate surface area is 137 Å². The van der Waals surface area contributed by atoms with Gasteiger partial charge in [0.25, 0.3) is 5.91 Å². The van der Waals surface area contributed by atoms with Gasteiger partial charge in [-0.05, 0) is 42.7 Å². The average Bonchev–Trinajstić information content (AvgIpc) is 2.85. The second-order valence-corrected chi connectivity index (χ2v) is 5.60. The van der Waals surface area contributed by atoms with Gasteiger partial charge >= 0.3 is 0 Å². The molecule has 0 saturated carbocycles. The molecule has 0 saturated heterocycles. The highest BCUT2D eigenvalue weighted by Crippen LogP contribution is 2.36. The number of fused-ring (bicyclic) bond motifs is 1. The van der Waals surface area contributed by atoms with Gasteiger partial charge in [-0.2, -0.15) is 0 Å². The Kier molecular flexibility index (Phi) is 4.47. The van der Waals surface area contributed by atoms with Crippen LogP contribution in [0, 0.1) is 0 Å². The Morgan fingerprint density at radius 3 is 2.74 bits per heavy atom. The molecule has 1 aliphatic rings. The summed E-state index contributed by atoms with van der Waals surface area (Å²) in [6, 6.07) is 14.0. The standard InChI is InChI=1S/C20H21NO2/c1-3-7-14-8-5-6-9-15(14)12-18-17-11-10-16(23-4-2)13-19(17)21-20(18)22/h5-6,8-13H,3-4,7H2,1-2H3,(H,21,22)/b18-12+. The van der Waals surface area contributed by atoms with Gasteiger partial charge in [-0.3, -0.25) is 4.79 Å². The van der Waals surface area contributed by atoms with E-state index in [-0.39, 0.29) is 5.91 Å². The molecule has 0 aliphatic carbocycles. The highest BCUT2D eigenvalue weighted by atomic mass is 16.5. The number of carbonyl (C=O) groups is 1. The summed E-state index contributed by atoms with van der Waals surface area (Å²) < 4.78 is 5.50. The summed E-state index contributed by atoms with van der Waals surface area (Å²) in [5.41, 5.74) is 4.85. The monoisotopic (exact) mass is 307 g/mol. The quantitative estimate of drug-likeness (QED) is 0.824. The third-order valence-electron chi connectivity index (χ3n) is 3.96. The van der Waals surface area contributed by atoms with Gasteiger partial charge in [0.15, 0.2) is 0 Å². The summed E-state index contributed by atoms with van der Waals surface area (Å²) in [5.74, 6) is 0.721. The summed E-state index contributed by atoms with van der Waals surface area (Å²) in [5, 5.41) is 2.93. The van der Waals surface area contributed by atoms with Crippen molar-refractivity contribution in [1.82, 2.24) is 0 Å². The minimum absolute atomic E-state index is 0.0556. The maximum absolute atomic E-state index is 12.4. The zero-order valence-corrected chi connectivity index (χ0v) is 13.6. The highest BCUT2D eigenvalue weighted by Gasteiger charge is 2.24. The van der Waals surface area contributed by atoms with Crippen LogP contribution in [0.25, 0.3) is 11.6 Å². The summed E-state index contributed by atoms with van der Waals surface area (Å²) in [4.78, 5) is 12.4. The molecule has 0 radical (unpaired) electrons. The number of carbonyl (C=O) groups excluding carboxylic acids is 1. The van der Waals surface area contributed by atoms with E-state index in [4.69, 9.17) is 4.74 Å².